The lowest BCUT2D eigenvalue weighted by molar-refractivity contribution is 0.112. The number of carbonyl (C=O) groups is 1. The van der Waals surface area contributed by atoms with E-state index < -0.39 is 0 Å². The monoisotopic (exact) mass is 274 g/mol. The highest BCUT2D eigenvalue weighted by Gasteiger charge is 2.08. The van der Waals surface area contributed by atoms with E-state index in [-0.39, 0.29) is 11.3 Å². The first-order valence-electron chi connectivity index (χ1n) is 4.28. The highest BCUT2D eigenvalue weighted by atomic mass is 79.9. The highest BCUT2D eigenvalue weighted by molar-refractivity contribution is 9.10. The van der Waals surface area contributed by atoms with Crippen LogP contribution in [0.25, 0.3) is 0 Å². The maximum absolute atomic E-state index is 10.6. The summed E-state index contributed by atoms with van der Waals surface area (Å²) in [5.41, 5.74) is 0.217. The molecule has 1 aromatic carbocycles. The minimum Gasteiger partial charge on any atom is -0.507 e. The van der Waals surface area contributed by atoms with Gasteiger partial charge in [-0.05, 0) is 22.0 Å². The van der Waals surface area contributed by atoms with Crippen molar-refractivity contribution in [2.24, 2.45) is 0 Å². The molecule has 0 aliphatic heterocycles. The molecule has 0 saturated carbocycles. The fourth-order valence-electron chi connectivity index (χ4n) is 1.02. The molecule has 1 aromatic rings. The third-order valence-electron chi connectivity index (χ3n) is 1.76. The van der Waals surface area contributed by atoms with Gasteiger partial charge in [0.05, 0.1) is 12.2 Å². The third-order valence-corrected chi connectivity index (χ3v) is 2.41. The van der Waals surface area contributed by atoms with E-state index in [9.17, 15) is 9.90 Å². The van der Waals surface area contributed by atoms with Crippen LogP contribution in [0, 0.1) is 0 Å². The molecule has 0 fully saturated rings. The summed E-state index contributed by atoms with van der Waals surface area (Å²) in [6.45, 7) is 0.858. The summed E-state index contributed by atoms with van der Waals surface area (Å²) in [5.74, 6) is 0.383. The Morgan fingerprint density at radius 2 is 2.20 bits per heavy atom. The van der Waals surface area contributed by atoms with Crippen LogP contribution in [0.1, 0.15) is 10.4 Å². The number of hydrogen-bond acceptors (Lipinski definition) is 4. The minimum absolute atomic E-state index is 0.105. The number of hydrogen-bond donors (Lipinski definition) is 1. The van der Waals surface area contributed by atoms with Crippen LogP contribution < -0.4 is 4.74 Å². The molecular formula is C10H11BrO4. The number of aldehydes is 1. The lowest BCUT2D eigenvalue weighted by atomic mass is 10.2. The molecule has 0 bridgehead atoms. The Labute approximate surface area is 95.9 Å². The van der Waals surface area contributed by atoms with E-state index in [1.54, 1.807) is 13.2 Å². The molecule has 5 heteroatoms. The zero-order valence-corrected chi connectivity index (χ0v) is 9.78. The van der Waals surface area contributed by atoms with Crippen molar-refractivity contribution in [1.82, 2.24) is 0 Å². The van der Waals surface area contributed by atoms with Crippen molar-refractivity contribution < 1.29 is 19.4 Å². The van der Waals surface area contributed by atoms with Crippen LogP contribution in [-0.4, -0.2) is 31.7 Å². The Bertz CT molecular complexity index is 328. The van der Waals surface area contributed by atoms with Gasteiger partial charge in [0.15, 0.2) is 6.29 Å². The molecule has 1 N–H and O–H groups in total. The first-order chi connectivity index (χ1) is 7.19. The van der Waals surface area contributed by atoms with Gasteiger partial charge in [-0.3, -0.25) is 4.79 Å². The van der Waals surface area contributed by atoms with Gasteiger partial charge in [0, 0.05) is 17.6 Å². The second-order valence-electron chi connectivity index (χ2n) is 2.80. The van der Waals surface area contributed by atoms with Crippen molar-refractivity contribution in [3.8, 4) is 11.5 Å². The lowest BCUT2D eigenvalue weighted by Gasteiger charge is -2.08. The maximum Gasteiger partial charge on any atom is 0.154 e. The van der Waals surface area contributed by atoms with Crippen molar-refractivity contribution >= 4 is 22.2 Å². The Balaban J connectivity index is 2.79. The van der Waals surface area contributed by atoms with Gasteiger partial charge in [0.1, 0.15) is 18.1 Å². The van der Waals surface area contributed by atoms with Crippen molar-refractivity contribution in [2.45, 2.75) is 0 Å². The average Bonchev–Trinajstić information content (AvgIpc) is 2.18. The van der Waals surface area contributed by atoms with E-state index in [1.807, 2.05) is 0 Å². The quantitative estimate of drug-likeness (QED) is 0.659. The molecule has 4 nitrogen and oxygen atoms in total. The molecule has 0 aliphatic carbocycles. The highest BCUT2D eigenvalue weighted by Crippen LogP contribution is 2.30. The molecule has 0 heterocycles. The molecule has 0 amide bonds. The average molecular weight is 275 g/mol. The summed E-state index contributed by atoms with van der Waals surface area (Å²) in [6, 6.07) is 3.02. The summed E-state index contributed by atoms with van der Waals surface area (Å²) >= 11 is 3.16. The van der Waals surface area contributed by atoms with E-state index in [1.165, 1.54) is 6.07 Å². The molecule has 0 radical (unpaired) electrons. The van der Waals surface area contributed by atoms with E-state index in [2.05, 4.69) is 15.9 Å². The number of ether oxygens (including phenoxy) is 2. The van der Waals surface area contributed by atoms with Crippen LogP contribution in [-0.2, 0) is 4.74 Å². The molecule has 0 aliphatic rings. The van der Waals surface area contributed by atoms with Gasteiger partial charge in [0.2, 0.25) is 0 Å². The predicted molar refractivity (Wildman–Crippen MR) is 58.6 cm³/mol. The molecule has 0 unspecified atom stereocenters. The van der Waals surface area contributed by atoms with Crippen LogP contribution in [0.4, 0.5) is 0 Å². The van der Waals surface area contributed by atoms with E-state index >= 15 is 0 Å². The van der Waals surface area contributed by atoms with Crippen molar-refractivity contribution in [1.29, 1.82) is 0 Å². The van der Waals surface area contributed by atoms with Crippen molar-refractivity contribution in [3.05, 3.63) is 22.2 Å². The Hall–Kier alpha value is -1.07. The number of phenols is 1. The number of methoxy groups -OCH3 is 1. The summed E-state index contributed by atoms with van der Waals surface area (Å²) in [6.07, 6.45) is 0.582. The van der Waals surface area contributed by atoms with Crippen LogP contribution in [0.3, 0.4) is 0 Å². The van der Waals surface area contributed by atoms with Gasteiger partial charge in [-0.2, -0.15) is 0 Å². The first-order valence-corrected chi connectivity index (χ1v) is 5.07. The topological polar surface area (TPSA) is 55.8 Å². The SMILES string of the molecule is COCCOc1cc(O)c(C=O)c(Br)c1. The maximum atomic E-state index is 10.6. The standard InChI is InChI=1S/C10H11BrO4/c1-14-2-3-15-7-4-9(11)8(6-12)10(13)5-7/h4-6,13H,2-3H2,1H3. The number of aromatic hydroxyl groups is 1. The Morgan fingerprint density at radius 3 is 2.73 bits per heavy atom. The number of benzene rings is 1. The van der Waals surface area contributed by atoms with E-state index in [0.717, 1.165) is 0 Å². The molecule has 1 rings (SSSR count). The van der Waals surface area contributed by atoms with Gasteiger partial charge in [0.25, 0.3) is 0 Å². The summed E-state index contributed by atoms with van der Waals surface area (Å²) in [7, 11) is 1.58. The normalized spacial score (nSPS) is 10.0. The molecule has 0 aromatic heterocycles. The lowest BCUT2D eigenvalue weighted by Crippen LogP contribution is -2.04. The molecule has 82 valence electrons. The summed E-state index contributed by atoms with van der Waals surface area (Å²) < 4.78 is 10.6. The number of rotatable bonds is 5. The van der Waals surface area contributed by atoms with Crippen LogP contribution in [0.5, 0.6) is 11.5 Å². The van der Waals surface area contributed by atoms with Crippen LogP contribution >= 0.6 is 15.9 Å². The van der Waals surface area contributed by atoms with Crippen molar-refractivity contribution in [3.63, 3.8) is 0 Å². The fourth-order valence-corrected chi connectivity index (χ4v) is 1.54. The zero-order chi connectivity index (χ0) is 11.3. The number of phenolic OH excluding ortho intramolecular Hbond substituents is 1. The number of halogens is 1. The molecular weight excluding hydrogens is 264 g/mol. The van der Waals surface area contributed by atoms with Gasteiger partial charge >= 0.3 is 0 Å². The second-order valence-corrected chi connectivity index (χ2v) is 3.65. The molecule has 0 saturated heterocycles. The van der Waals surface area contributed by atoms with Crippen LogP contribution in [0.15, 0.2) is 16.6 Å². The van der Waals surface area contributed by atoms with Gasteiger partial charge < -0.3 is 14.6 Å². The minimum atomic E-state index is -0.105. The fraction of sp³-hybridized carbons (Fsp3) is 0.300. The van der Waals surface area contributed by atoms with Gasteiger partial charge in [-0.15, -0.1) is 0 Å². The Kier molecular flexibility index (Phi) is 4.58. The third kappa shape index (κ3) is 3.21. The molecule has 0 atom stereocenters. The summed E-state index contributed by atoms with van der Waals surface area (Å²) in [5, 5.41) is 9.46. The molecule has 15 heavy (non-hydrogen) atoms. The number of carbonyl (C=O) groups excluding carboxylic acids is 1. The Morgan fingerprint density at radius 1 is 1.47 bits per heavy atom. The molecule has 0 spiro atoms. The van der Waals surface area contributed by atoms with Gasteiger partial charge in [-0.25, -0.2) is 0 Å². The smallest absolute Gasteiger partial charge is 0.154 e. The predicted octanol–water partition coefficient (Wildman–Crippen LogP) is 1.99. The van der Waals surface area contributed by atoms with Crippen molar-refractivity contribution in [2.75, 3.05) is 20.3 Å². The zero-order valence-electron chi connectivity index (χ0n) is 8.20. The van der Waals surface area contributed by atoms with E-state index in [0.29, 0.717) is 29.7 Å². The summed E-state index contributed by atoms with van der Waals surface area (Å²) in [4.78, 5) is 10.6. The largest absolute Gasteiger partial charge is 0.507 e. The van der Waals surface area contributed by atoms with Crippen LogP contribution in [0.2, 0.25) is 0 Å². The second kappa shape index (κ2) is 5.72. The van der Waals surface area contributed by atoms with Gasteiger partial charge in [-0.1, -0.05) is 0 Å². The van der Waals surface area contributed by atoms with E-state index in [4.69, 9.17) is 9.47 Å². The first kappa shape index (κ1) is 12.0.